The molecule has 9 heteroatoms. The number of rotatable bonds is 5. The van der Waals surface area contributed by atoms with Crippen molar-refractivity contribution in [1.29, 1.82) is 0 Å². The average Bonchev–Trinajstić information content (AvgIpc) is 3.28. The van der Waals surface area contributed by atoms with Gasteiger partial charge < -0.3 is 20.3 Å². The Labute approximate surface area is 150 Å². The monoisotopic (exact) mass is 364 g/mol. The maximum atomic E-state index is 12.6. The number of hydrogen-bond acceptors (Lipinski definition) is 6. The maximum Gasteiger partial charge on any atom is 0.260 e. The van der Waals surface area contributed by atoms with Gasteiger partial charge in [0, 0.05) is 18.9 Å². The fraction of sp³-hybridized carbons (Fsp3) is 0.647. The molecule has 3 rings (SSSR count). The molecule has 3 amide bonds. The van der Waals surface area contributed by atoms with Crippen molar-refractivity contribution in [3.63, 3.8) is 0 Å². The van der Waals surface area contributed by atoms with E-state index < -0.39 is 35.9 Å². The van der Waals surface area contributed by atoms with Gasteiger partial charge in [-0.3, -0.25) is 24.0 Å². The highest BCUT2D eigenvalue weighted by molar-refractivity contribution is 6.08. The van der Waals surface area contributed by atoms with Gasteiger partial charge in [-0.15, -0.1) is 0 Å². The van der Waals surface area contributed by atoms with Gasteiger partial charge in [-0.05, 0) is 12.8 Å². The number of amides is 3. The lowest BCUT2D eigenvalue weighted by Crippen LogP contribution is -2.47. The predicted octanol–water partition coefficient (Wildman–Crippen LogP) is -1.56. The third-order valence-electron chi connectivity index (χ3n) is 5.27. The number of primary amides is 1. The summed E-state index contributed by atoms with van der Waals surface area (Å²) in [7, 11) is 0. The molecule has 4 unspecified atom stereocenters. The van der Waals surface area contributed by atoms with Gasteiger partial charge in [0.25, 0.3) is 5.91 Å². The smallest absolute Gasteiger partial charge is 0.260 e. The molecule has 3 saturated heterocycles. The number of likely N-dealkylation sites (tertiary alicyclic amines) is 2. The van der Waals surface area contributed by atoms with Gasteiger partial charge in [0.15, 0.2) is 17.7 Å². The highest BCUT2D eigenvalue weighted by atomic mass is 16.5. The fourth-order valence-electron chi connectivity index (χ4n) is 3.73. The van der Waals surface area contributed by atoms with E-state index in [1.165, 1.54) is 16.2 Å². The standard InChI is InChI=1S/C17H22N3O6/c1-9(16(18)24)2-3-13(23)19-6-4-10-14(19)12(22)8-20(10)17(25)15-11(21)5-7-26-15/h3,9-10,14-15H,2,4-8H2,1H3,(H2,18,24). The zero-order valence-electron chi connectivity index (χ0n) is 14.6. The molecule has 0 aromatic heterocycles. The van der Waals surface area contributed by atoms with Crippen molar-refractivity contribution < 1.29 is 28.7 Å². The normalized spacial score (nSPS) is 29.2. The van der Waals surface area contributed by atoms with E-state index in [-0.39, 0.29) is 43.5 Å². The second kappa shape index (κ2) is 7.14. The van der Waals surface area contributed by atoms with E-state index >= 15 is 0 Å². The van der Waals surface area contributed by atoms with Crippen LogP contribution < -0.4 is 5.73 Å². The van der Waals surface area contributed by atoms with Crippen LogP contribution in [0.25, 0.3) is 0 Å². The van der Waals surface area contributed by atoms with Gasteiger partial charge in [-0.1, -0.05) is 6.92 Å². The van der Waals surface area contributed by atoms with Crippen LogP contribution in [0.5, 0.6) is 0 Å². The Morgan fingerprint density at radius 1 is 1.27 bits per heavy atom. The molecule has 3 heterocycles. The van der Waals surface area contributed by atoms with Crippen LogP contribution in [0, 0.1) is 12.3 Å². The third kappa shape index (κ3) is 3.23. The number of nitrogens with two attached hydrogens (primary N) is 1. The Hall–Kier alpha value is -2.29. The quantitative estimate of drug-likeness (QED) is 0.588. The van der Waals surface area contributed by atoms with Crippen LogP contribution >= 0.6 is 0 Å². The fourth-order valence-corrected chi connectivity index (χ4v) is 3.73. The van der Waals surface area contributed by atoms with E-state index in [4.69, 9.17) is 10.5 Å². The zero-order valence-corrected chi connectivity index (χ0v) is 14.6. The first kappa shape index (κ1) is 18.5. The first-order valence-corrected chi connectivity index (χ1v) is 8.72. The predicted molar refractivity (Wildman–Crippen MR) is 87.3 cm³/mol. The lowest BCUT2D eigenvalue weighted by molar-refractivity contribution is -0.146. The molecule has 9 nitrogen and oxygen atoms in total. The molecule has 0 bridgehead atoms. The summed E-state index contributed by atoms with van der Waals surface area (Å²) in [4.78, 5) is 63.1. The minimum Gasteiger partial charge on any atom is -0.369 e. The largest absolute Gasteiger partial charge is 0.369 e. The van der Waals surface area contributed by atoms with E-state index in [2.05, 4.69) is 0 Å². The Morgan fingerprint density at radius 2 is 2.00 bits per heavy atom. The second-order valence-electron chi connectivity index (χ2n) is 6.98. The van der Waals surface area contributed by atoms with Crippen molar-refractivity contribution in [3.05, 3.63) is 6.42 Å². The summed E-state index contributed by atoms with van der Waals surface area (Å²) >= 11 is 0. The Bertz CT molecular complexity index is 663. The van der Waals surface area contributed by atoms with E-state index in [1.807, 2.05) is 0 Å². The molecule has 0 aliphatic carbocycles. The summed E-state index contributed by atoms with van der Waals surface area (Å²) in [5.41, 5.74) is 5.18. The van der Waals surface area contributed by atoms with Gasteiger partial charge in [0.05, 0.1) is 25.6 Å². The number of hydrogen-bond donors (Lipinski definition) is 1. The summed E-state index contributed by atoms with van der Waals surface area (Å²) in [5.74, 6) is -2.31. The minimum absolute atomic E-state index is 0.122. The summed E-state index contributed by atoms with van der Waals surface area (Å²) in [6.07, 6.45) is 1.09. The van der Waals surface area contributed by atoms with Crippen LogP contribution in [0.3, 0.4) is 0 Å². The first-order chi connectivity index (χ1) is 12.3. The number of ketones is 2. The van der Waals surface area contributed by atoms with Crippen molar-refractivity contribution in [3.8, 4) is 0 Å². The van der Waals surface area contributed by atoms with Gasteiger partial charge in [0.1, 0.15) is 6.04 Å². The van der Waals surface area contributed by atoms with Crippen molar-refractivity contribution in [2.24, 2.45) is 11.7 Å². The number of carbonyl (C=O) groups is 5. The minimum atomic E-state index is -1.13. The molecule has 0 saturated carbocycles. The summed E-state index contributed by atoms with van der Waals surface area (Å²) in [5, 5.41) is 0. The van der Waals surface area contributed by atoms with E-state index in [0.29, 0.717) is 13.0 Å². The summed E-state index contributed by atoms with van der Waals surface area (Å²) < 4.78 is 5.20. The summed E-state index contributed by atoms with van der Waals surface area (Å²) in [6, 6.07) is -1.14. The number of nitrogens with zero attached hydrogens (tertiary/aromatic N) is 2. The van der Waals surface area contributed by atoms with Crippen LogP contribution in [0.4, 0.5) is 0 Å². The Kier molecular flexibility index (Phi) is 5.08. The van der Waals surface area contributed by atoms with Gasteiger partial charge in [-0.25, -0.2) is 0 Å². The highest BCUT2D eigenvalue weighted by Crippen LogP contribution is 2.31. The van der Waals surface area contributed by atoms with Crippen molar-refractivity contribution in [1.82, 2.24) is 9.80 Å². The third-order valence-corrected chi connectivity index (χ3v) is 5.27. The SMILES string of the molecule is CC(C[CH]C(=O)N1CCC2C1C(=O)CN2C(=O)C1OCCC1=O)C(N)=O. The van der Waals surface area contributed by atoms with Crippen molar-refractivity contribution in [2.75, 3.05) is 19.7 Å². The topological polar surface area (TPSA) is 127 Å². The van der Waals surface area contributed by atoms with Crippen LogP contribution in [-0.4, -0.2) is 77.0 Å². The first-order valence-electron chi connectivity index (χ1n) is 8.72. The molecule has 2 N–H and O–H groups in total. The molecular formula is C17H22N3O6. The number of carbonyl (C=O) groups excluding carboxylic acids is 5. The van der Waals surface area contributed by atoms with Crippen LogP contribution in [0.15, 0.2) is 0 Å². The molecule has 3 aliphatic heterocycles. The van der Waals surface area contributed by atoms with Gasteiger partial charge >= 0.3 is 0 Å². The van der Waals surface area contributed by atoms with E-state index in [1.54, 1.807) is 6.92 Å². The van der Waals surface area contributed by atoms with Gasteiger partial charge in [-0.2, -0.15) is 0 Å². The molecular weight excluding hydrogens is 342 g/mol. The highest BCUT2D eigenvalue weighted by Gasteiger charge is 2.53. The molecule has 26 heavy (non-hydrogen) atoms. The van der Waals surface area contributed by atoms with Crippen LogP contribution in [0.2, 0.25) is 0 Å². The van der Waals surface area contributed by atoms with Crippen molar-refractivity contribution >= 4 is 29.3 Å². The second-order valence-corrected chi connectivity index (χ2v) is 6.98. The lowest BCUT2D eigenvalue weighted by Gasteiger charge is -2.25. The van der Waals surface area contributed by atoms with Crippen LogP contribution in [-0.2, 0) is 28.7 Å². The molecule has 141 valence electrons. The molecule has 0 aromatic rings. The molecule has 1 radical (unpaired) electrons. The Balaban J connectivity index is 1.65. The number of fused-ring (bicyclic) bond motifs is 1. The van der Waals surface area contributed by atoms with Crippen LogP contribution in [0.1, 0.15) is 26.2 Å². The average molecular weight is 364 g/mol. The lowest BCUT2D eigenvalue weighted by atomic mass is 10.0. The molecule has 3 fully saturated rings. The maximum absolute atomic E-state index is 12.6. The van der Waals surface area contributed by atoms with E-state index in [0.717, 1.165) is 0 Å². The molecule has 3 aliphatic rings. The van der Waals surface area contributed by atoms with Gasteiger partial charge in [0.2, 0.25) is 11.8 Å². The molecule has 4 atom stereocenters. The van der Waals surface area contributed by atoms with Crippen molar-refractivity contribution in [2.45, 2.75) is 44.4 Å². The molecule has 0 spiro atoms. The summed E-state index contributed by atoms with van der Waals surface area (Å²) in [6.45, 7) is 2.05. The van der Waals surface area contributed by atoms with E-state index in [9.17, 15) is 24.0 Å². The number of ether oxygens (including phenoxy) is 1. The molecule has 0 aromatic carbocycles. The number of Topliss-reactive ketones (excluding diaryl/α,β-unsaturated/α-hetero) is 2. The Morgan fingerprint density at radius 3 is 2.62 bits per heavy atom. The zero-order chi connectivity index (χ0) is 19.0.